The molecule has 0 aliphatic carbocycles. The van der Waals surface area contributed by atoms with Gasteiger partial charge in [-0.3, -0.25) is 4.79 Å². The number of hydrogen-bond acceptors (Lipinski definition) is 4. The maximum absolute atomic E-state index is 11.9. The van der Waals surface area contributed by atoms with E-state index in [0.717, 1.165) is 19.6 Å². The predicted octanol–water partition coefficient (Wildman–Crippen LogP) is 0.108. The molecular formula is C10H13N3O2. The number of carbonyl (C=O) groups excluding carboxylic acids is 1. The van der Waals surface area contributed by atoms with Gasteiger partial charge in [-0.1, -0.05) is 0 Å². The molecule has 2 aliphatic heterocycles. The minimum atomic E-state index is -0.0362. The molecule has 2 fully saturated rings. The summed E-state index contributed by atoms with van der Waals surface area (Å²) in [6.07, 6.45) is 3.97. The first kappa shape index (κ1) is 8.91. The van der Waals surface area contributed by atoms with Gasteiger partial charge in [-0.05, 0) is 12.3 Å². The van der Waals surface area contributed by atoms with Crippen molar-refractivity contribution < 1.29 is 9.21 Å². The summed E-state index contributed by atoms with van der Waals surface area (Å²) in [6, 6.07) is 0.468. The normalized spacial score (nSPS) is 29.5. The Morgan fingerprint density at radius 2 is 2.53 bits per heavy atom. The number of nitrogens with one attached hydrogen (secondary N) is 1. The molecule has 1 aromatic heterocycles. The fraction of sp³-hybridized carbons (Fsp3) is 0.600. The van der Waals surface area contributed by atoms with Gasteiger partial charge in [-0.2, -0.15) is 0 Å². The van der Waals surface area contributed by atoms with Crippen molar-refractivity contribution in [2.75, 3.05) is 19.6 Å². The van der Waals surface area contributed by atoms with Crippen LogP contribution in [-0.2, 0) is 0 Å². The Balaban J connectivity index is 1.75. The lowest BCUT2D eigenvalue weighted by atomic mass is 10.00. The molecule has 0 saturated carbocycles. The second-order valence-electron chi connectivity index (χ2n) is 4.28. The second kappa shape index (κ2) is 3.34. The molecule has 5 heteroatoms. The number of aromatic nitrogens is 1. The first-order valence-electron chi connectivity index (χ1n) is 5.24. The van der Waals surface area contributed by atoms with E-state index >= 15 is 0 Å². The third-order valence-corrected chi connectivity index (χ3v) is 3.16. The average molecular weight is 207 g/mol. The van der Waals surface area contributed by atoms with Crippen LogP contribution in [0.3, 0.4) is 0 Å². The highest BCUT2D eigenvalue weighted by Gasteiger charge is 2.35. The lowest BCUT2D eigenvalue weighted by Crippen LogP contribution is -2.44. The van der Waals surface area contributed by atoms with E-state index in [-0.39, 0.29) is 5.91 Å². The van der Waals surface area contributed by atoms with E-state index in [1.165, 1.54) is 19.0 Å². The van der Waals surface area contributed by atoms with Crippen LogP contribution in [0.2, 0.25) is 0 Å². The number of carbonyl (C=O) groups is 1. The van der Waals surface area contributed by atoms with Gasteiger partial charge in [-0.25, -0.2) is 4.98 Å². The van der Waals surface area contributed by atoms with Gasteiger partial charge in [0.15, 0.2) is 6.39 Å². The molecule has 80 valence electrons. The van der Waals surface area contributed by atoms with Gasteiger partial charge < -0.3 is 14.6 Å². The Morgan fingerprint density at radius 3 is 3.27 bits per heavy atom. The number of hydrogen-bond donors (Lipinski definition) is 1. The van der Waals surface area contributed by atoms with Crippen molar-refractivity contribution in [2.24, 2.45) is 5.92 Å². The quantitative estimate of drug-likeness (QED) is 0.710. The highest BCUT2D eigenvalue weighted by atomic mass is 16.3. The number of oxazole rings is 1. The lowest BCUT2D eigenvalue weighted by molar-refractivity contribution is 0.0659. The summed E-state index contributed by atoms with van der Waals surface area (Å²) in [5, 5.41) is 3.41. The monoisotopic (exact) mass is 207 g/mol. The van der Waals surface area contributed by atoms with Gasteiger partial charge in [0.2, 0.25) is 5.76 Å². The Morgan fingerprint density at radius 1 is 1.60 bits per heavy atom. The van der Waals surface area contributed by atoms with Gasteiger partial charge in [0.25, 0.3) is 5.91 Å². The van der Waals surface area contributed by atoms with Crippen LogP contribution in [0.15, 0.2) is 17.0 Å². The van der Waals surface area contributed by atoms with Crippen molar-refractivity contribution in [1.82, 2.24) is 15.2 Å². The van der Waals surface area contributed by atoms with Crippen molar-refractivity contribution in [1.29, 1.82) is 0 Å². The van der Waals surface area contributed by atoms with Crippen LogP contribution in [0.5, 0.6) is 0 Å². The number of fused-ring (bicyclic) bond motifs is 2. The fourth-order valence-corrected chi connectivity index (χ4v) is 2.48. The summed E-state index contributed by atoms with van der Waals surface area (Å²) < 4.78 is 5.02. The smallest absolute Gasteiger partial charge is 0.291 e. The molecular weight excluding hydrogens is 194 g/mol. The molecule has 2 atom stereocenters. The Kier molecular flexibility index (Phi) is 1.98. The van der Waals surface area contributed by atoms with E-state index < -0.39 is 0 Å². The SMILES string of the molecule is O=C(c1cnco1)N1C[C@H]2CN[C@H](C2)C1. The van der Waals surface area contributed by atoms with Gasteiger partial charge in [-0.15, -0.1) is 0 Å². The number of likely N-dealkylation sites (tertiary alicyclic amines) is 1. The zero-order chi connectivity index (χ0) is 10.3. The van der Waals surface area contributed by atoms with Gasteiger partial charge >= 0.3 is 0 Å². The van der Waals surface area contributed by atoms with Crippen LogP contribution in [0, 0.1) is 5.92 Å². The molecule has 5 nitrogen and oxygen atoms in total. The largest absolute Gasteiger partial charge is 0.438 e. The van der Waals surface area contributed by atoms with E-state index in [1.807, 2.05) is 4.90 Å². The number of piperidine rings is 1. The summed E-state index contributed by atoms with van der Waals surface area (Å²) in [4.78, 5) is 17.6. The summed E-state index contributed by atoms with van der Waals surface area (Å²) in [5.41, 5.74) is 0. The summed E-state index contributed by atoms with van der Waals surface area (Å²) in [6.45, 7) is 2.66. The molecule has 3 rings (SSSR count). The molecule has 0 unspecified atom stereocenters. The van der Waals surface area contributed by atoms with E-state index in [4.69, 9.17) is 4.42 Å². The highest BCUT2D eigenvalue weighted by molar-refractivity contribution is 5.91. The standard InChI is InChI=1S/C10H13N3O2/c14-10(9-3-11-6-15-9)13-4-7-1-8(5-13)12-2-7/h3,6-8,12H,1-2,4-5H2/t7-,8-/m1/s1. The molecule has 1 N–H and O–H groups in total. The summed E-state index contributed by atoms with van der Waals surface area (Å²) >= 11 is 0. The van der Waals surface area contributed by atoms with E-state index in [1.54, 1.807) is 0 Å². The van der Waals surface area contributed by atoms with Crippen LogP contribution < -0.4 is 5.32 Å². The number of amides is 1. The number of rotatable bonds is 1. The summed E-state index contributed by atoms with van der Waals surface area (Å²) in [5.74, 6) is 0.915. The van der Waals surface area contributed by atoms with Crippen LogP contribution in [0.4, 0.5) is 0 Å². The Hall–Kier alpha value is -1.36. The topological polar surface area (TPSA) is 58.4 Å². The maximum Gasteiger partial charge on any atom is 0.291 e. The van der Waals surface area contributed by atoms with Crippen LogP contribution in [0.1, 0.15) is 17.0 Å². The molecule has 0 aromatic carbocycles. The Bertz CT molecular complexity index is 351. The second-order valence-corrected chi connectivity index (χ2v) is 4.28. The van der Waals surface area contributed by atoms with Crippen molar-refractivity contribution in [3.8, 4) is 0 Å². The first-order chi connectivity index (χ1) is 7.33. The number of nitrogens with zero attached hydrogens (tertiary/aromatic N) is 2. The van der Waals surface area contributed by atoms with Gasteiger partial charge in [0.05, 0.1) is 6.20 Å². The van der Waals surface area contributed by atoms with Gasteiger partial charge in [0.1, 0.15) is 0 Å². The summed E-state index contributed by atoms with van der Waals surface area (Å²) in [7, 11) is 0. The van der Waals surface area contributed by atoms with Crippen LogP contribution in [-0.4, -0.2) is 41.5 Å². The molecule has 1 aromatic rings. The maximum atomic E-state index is 11.9. The van der Waals surface area contributed by atoms with E-state index in [0.29, 0.717) is 17.7 Å². The van der Waals surface area contributed by atoms with Crippen LogP contribution in [0.25, 0.3) is 0 Å². The molecule has 2 bridgehead atoms. The third kappa shape index (κ3) is 1.52. The molecule has 3 heterocycles. The third-order valence-electron chi connectivity index (χ3n) is 3.16. The average Bonchev–Trinajstić information content (AvgIpc) is 2.87. The lowest BCUT2D eigenvalue weighted by Gasteiger charge is -2.30. The minimum Gasteiger partial charge on any atom is -0.438 e. The van der Waals surface area contributed by atoms with Crippen molar-refractivity contribution in [3.05, 3.63) is 18.4 Å². The zero-order valence-corrected chi connectivity index (χ0v) is 8.35. The predicted molar refractivity (Wildman–Crippen MR) is 52.3 cm³/mol. The van der Waals surface area contributed by atoms with Crippen molar-refractivity contribution >= 4 is 5.91 Å². The Labute approximate surface area is 87.5 Å². The van der Waals surface area contributed by atoms with Gasteiger partial charge in [0, 0.05) is 25.7 Å². The molecule has 2 aliphatic rings. The first-order valence-corrected chi connectivity index (χ1v) is 5.24. The fourth-order valence-electron chi connectivity index (χ4n) is 2.48. The van der Waals surface area contributed by atoms with E-state index in [2.05, 4.69) is 10.3 Å². The van der Waals surface area contributed by atoms with Crippen LogP contribution >= 0.6 is 0 Å². The molecule has 2 saturated heterocycles. The minimum absolute atomic E-state index is 0.0362. The zero-order valence-electron chi connectivity index (χ0n) is 8.35. The molecule has 1 amide bonds. The van der Waals surface area contributed by atoms with E-state index in [9.17, 15) is 4.79 Å². The molecule has 15 heavy (non-hydrogen) atoms. The van der Waals surface area contributed by atoms with Crippen molar-refractivity contribution in [3.63, 3.8) is 0 Å². The highest BCUT2D eigenvalue weighted by Crippen LogP contribution is 2.23. The molecule has 0 radical (unpaired) electrons. The molecule has 0 spiro atoms. The van der Waals surface area contributed by atoms with Crippen molar-refractivity contribution in [2.45, 2.75) is 12.5 Å².